The van der Waals surface area contributed by atoms with Crippen LogP contribution in [0.1, 0.15) is 11.5 Å². The van der Waals surface area contributed by atoms with Crippen LogP contribution >= 0.6 is 0 Å². The van der Waals surface area contributed by atoms with Gasteiger partial charge in [0.15, 0.2) is 0 Å². The molecule has 0 fully saturated rings. The lowest BCUT2D eigenvalue weighted by molar-refractivity contribution is 0.881. The maximum Gasteiger partial charge on any atom is 0.216 e. The minimum Gasteiger partial charge on any atom is -0.360 e. The first-order valence-corrected chi connectivity index (χ1v) is 5.96. The van der Waals surface area contributed by atoms with Gasteiger partial charge in [-0.3, -0.25) is 0 Å². The van der Waals surface area contributed by atoms with E-state index in [2.05, 4.69) is 37.0 Å². The van der Waals surface area contributed by atoms with Gasteiger partial charge in [-0.1, -0.05) is 0 Å². The summed E-state index contributed by atoms with van der Waals surface area (Å²) in [5.41, 5.74) is 3.38. The molecule has 3 aromatic rings. The lowest BCUT2D eigenvalue weighted by Gasteiger charge is -2.01. The van der Waals surface area contributed by atoms with Crippen molar-refractivity contribution in [2.45, 2.75) is 6.92 Å². The monoisotopic (exact) mass is 265 g/mol. The number of allylic oxidation sites excluding steroid dienone is 1. The number of nitrogens with one attached hydrogen (secondary N) is 3. The van der Waals surface area contributed by atoms with Gasteiger partial charge < -0.3 is 10.3 Å². The molecule has 0 radical (unpaired) electrons. The van der Waals surface area contributed by atoms with Gasteiger partial charge in [-0.25, -0.2) is 0 Å². The van der Waals surface area contributed by atoms with Crippen molar-refractivity contribution in [1.29, 1.82) is 5.26 Å². The standard InChI is InChI=1S/C13H11N7/c1-8-4-9-5-11(2-3-12(9)16-8)15-7-10(6-14)13-17-19-20-18-13/h2-5,7,15-16H,1H3,(H,17,18,19,20). The Labute approximate surface area is 114 Å². The predicted molar refractivity (Wildman–Crippen MR) is 74.4 cm³/mol. The molecular weight excluding hydrogens is 254 g/mol. The number of hydrogen-bond donors (Lipinski definition) is 3. The second kappa shape index (κ2) is 4.85. The molecule has 0 saturated carbocycles. The summed E-state index contributed by atoms with van der Waals surface area (Å²) >= 11 is 0. The van der Waals surface area contributed by atoms with E-state index in [0.717, 1.165) is 22.3 Å². The average molecular weight is 265 g/mol. The zero-order chi connectivity index (χ0) is 13.9. The fourth-order valence-corrected chi connectivity index (χ4v) is 1.95. The summed E-state index contributed by atoms with van der Waals surface area (Å²) in [5, 5.41) is 26.5. The van der Waals surface area contributed by atoms with Crippen LogP contribution in [-0.2, 0) is 0 Å². The third kappa shape index (κ3) is 2.22. The Balaban J connectivity index is 1.87. The summed E-state index contributed by atoms with van der Waals surface area (Å²) in [4.78, 5) is 3.26. The summed E-state index contributed by atoms with van der Waals surface area (Å²) in [6.07, 6.45) is 1.56. The summed E-state index contributed by atoms with van der Waals surface area (Å²) in [5.74, 6) is 0.263. The van der Waals surface area contributed by atoms with Crippen molar-refractivity contribution in [3.63, 3.8) is 0 Å². The average Bonchev–Trinajstić information content (AvgIpc) is 3.07. The molecule has 0 aliphatic rings. The molecule has 7 nitrogen and oxygen atoms in total. The van der Waals surface area contributed by atoms with Crippen LogP contribution in [-0.4, -0.2) is 25.6 Å². The van der Waals surface area contributed by atoms with Crippen LogP contribution in [0.25, 0.3) is 16.5 Å². The SMILES string of the molecule is Cc1cc2cc(NC=C(C#N)c3nn[nH]n3)ccc2[nH]1. The van der Waals surface area contributed by atoms with Gasteiger partial charge in [-0.15, -0.1) is 10.2 Å². The number of hydrogen-bond acceptors (Lipinski definition) is 5. The highest BCUT2D eigenvalue weighted by Gasteiger charge is 2.05. The molecule has 0 aliphatic heterocycles. The molecule has 2 aromatic heterocycles. The number of rotatable bonds is 3. The van der Waals surface area contributed by atoms with Crippen LogP contribution in [0, 0.1) is 18.3 Å². The third-order valence-electron chi connectivity index (χ3n) is 2.85. The number of benzene rings is 1. The van der Waals surface area contributed by atoms with E-state index >= 15 is 0 Å². The molecule has 0 saturated heterocycles. The molecule has 20 heavy (non-hydrogen) atoms. The first-order valence-electron chi connectivity index (χ1n) is 5.96. The molecular formula is C13H11N7. The molecule has 1 aromatic carbocycles. The van der Waals surface area contributed by atoms with Crippen LogP contribution in [0.15, 0.2) is 30.5 Å². The van der Waals surface area contributed by atoms with E-state index in [1.54, 1.807) is 6.20 Å². The second-order valence-corrected chi connectivity index (χ2v) is 4.30. The summed E-state index contributed by atoms with van der Waals surface area (Å²) in [7, 11) is 0. The smallest absolute Gasteiger partial charge is 0.216 e. The third-order valence-corrected chi connectivity index (χ3v) is 2.85. The van der Waals surface area contributed by atoms with Crippen molar-refractivity contribution in [3.8, 4) is 6.07 Å². The number of nitrogens with zero attached hydrogens (tertiary/aromatic N) is 4. The lowest BCUT2D eigenvalue weighted by atomic mass is 10.2. The van der Waals surface area contributed by atoms with Gasteiger partial charge in [0.25, 0.3) is 0 Å². The quantitative estimate of drug-likeness (QED) is 0.628. The molecule has 98 valence electrons. The van der Waals surface area contributed by atoms with E-state index in [0.29, 0.717) is 5.57 Å². The van der Waals surface area contributed by atoms with E-state index < -0.39 is 0 Å². The van der Waals surface area contributed by atoms with Crippen molar-refractivity contribution in [3.05, 3.63) is 42.0 Å². The van der Waals surface area contributed by atoms with E-state index in [1.165, 1.54) is 0 Å². The van der Waals surface area contributed by atoms with Crippen LogP contribution in [0.4, 0.5) is 5.69 Å². The molecule has 2 heterocycles. The van der Waals surface area contributed by atoms with Gasteiger partial charge in [0.05, 0.1) is 0 Å². The van der Waals surface area contributed by atoms with Crippen molar-refractivity contribution in [2.24, 2.45) is 0 Å². The van der Waals surface area contributed by atoms with Crippen LogP contribution < -0.4 is 5.32 Å². The molecule has 0 aliphatic carbocycles. The Hall–Kier alpha value is -3.14. The molecule has 3 N–H and O–H groups in total. The van der Waals surface area contributed by atoms with Crippen molar-refractivity contribution in [2.75, 3.05) is 5.32 Å². The zero-order valence-corrected chi connectivity index (χ0v) is 10.7. The second-order valence-electron chi connectivity index (χ2n) is 4.30. The van der Waals surface area contributed by atoms with Gasteiger partial charge in [-0.2, -0.15) is 10.5 Å². The van der Waals surface area contributed by atoms with Crippen LogP contribution in [0.3, 0.4) is 0 Å². The summed E-state index contributed by atoms with van der Waals surface area (Å²) < 4.78 is 0. The number of H-pyrrole nitrogens is 2. The molecule has 0 atom stereocenters. The normalized spacial score (nSPS) is 11.5. The zero-order valence-electron chi connectivity index (χ0n) is 10.7. The number of aromatic nitrogens is 5. The van der Waals surface area contributed by atoms with Crippen molar-refractivity contribution in [1.82, 2.24) is 25.6 Å². The highest BCUT2D eigenvalue weighted by Crippen LogP contribution is 2.20. The van der Waals surface area contributed by atoms with E-state index in [9.17, 15) is 0 Å². The Bertz CT molecular complexity index is 805. The fourth-order valence-electron chi connectivity index (χ4n) is 1.95. The Kier molecular flexibility index (Phi) is 2.89. The molecule has 7 heteroatoms. The number of fused-ring (bicyclic) bond motifs is 1. The van der Waals surface area contributed by atoms with Gasteiger partial charge in [0.1, 0.15) is 11.6 Å². The van der Waals surface area contributed by atoms with Gasteiger partial charge in [0.2, 0.25) is 5.82 Å². The first-order chi connectivity index (χ1) is 9.76. The number of nitriles is 1. The highest BCUT2D eigenvalue weighted by molar-refractivity contribution is 5.84. The van der Waals surface area contributed by atoms with Crippen LogP contribution in [0.2, 0.25) is 0 Å². The number of tetrazole rings is 1. The minimum absolute atomic E-state index is 0.263. The maximum atomic E-state index is 9.07. The van der Waals surface area contributed by atoms with Crippen LogP contribution in [0.5, 0.6) is 0 Å². The van der Waals surface area contributed by atoms with E-state index in [4.69, 9.17) is 5.26 Å². The van der Waals surface area contributed by atoms with E-state index in [-0.39, 0.29) is 5.82 Å². The van der Waals surface area contributed by atoms with Gasteiger partial charge in [0, 0.05) is 28.5 Å². The molecule has 0 unspecified atom stereocenters. The molecule has 3 rings (SSSR count). The molecule has 0 spiro atoms. The molecule has 0 amide bonds. The Morgan fingerprint density at radius 2 is 2.30 bits per heavy atom. The van der Waals surface area contributed by atoms with Gasteiger partial charge >= 0.3 is 0 Å². The van der Waals surface area contributed by atoms with Crippen molar-refractivity contribution < 1.29 is 0 Å². The Morgan fingerprint density at radius 1 is 1.40 bits per heavy atom. The maximum absolute atomic E-state index is 9.07. The molecule has 0 bridgehead atoms. The Morgan fingerprint density at radius 3 is 3.05 bits per heavy atom. The summed E-state index contributed by atoms with van der Waals surface area (Å²) in [6.45, 7) is 2.01. The highest BCUT2D eigenvalue weighted by atomic mass is 15.5. The number of anilines is 1. The largest absolute Gasteiger partial charge is 0.360 e. The number of aryl methyl sites for hydroxylation is 1. The first kappa shape index (κ1) is 11.9. The van der Waals surface area contributed by atoms with E-state index in [1.807, 2.05) is 31.2 Å². The lowest BCUT2D eigenvalue weighted by Crippen LogP contribution is -1.92. The minimum atomic E-state index is 0.263. The number of aromatic amines is 2. The summed E-state index contributed by atoms with van der Waals surface area (Å²) in [6, 6.07) is 10.0. The fraction of sp³-hybridized carbons (Fsp3) is 0.0769. The van der Waals surface area contributed by atoms with Crippen molar-refractivity contribution >= 4 is 22.2 Å². The van der Waals surface area contributed by atoms with Gasteiger partial charge in [-0.05, 0) is 36.4 Å². The predicted octanol–water partition coefficient (Wildman–Crippen LogP) is 1.97. The topological polar surface area (TPSA) is 106 Å².